The fraction of sp³-hybridized carbons (Fsp3) is 0.273. The summed E-state index contributed by atoms with van der Waals surface area (Å²) in [5, 5.41) is 7.67. The minimum atomic E-state index is -0.936. The average molecular weight is 460 g/mol. The lowest BCUT2D eigenvalue weighted by atomic mass is 10.2. The Morgan fingerprint density at radius 2 is 1.84 bits per heavy atom. The second-order valence-corrected chi connectivity index (χ2v) is 8.58. The van der Waals surface area contributed by atoms with Gasteiger partial charge in [-0.2, -0.15) is 5.10 Å². The molecule has 2 heterocycles. The number of halogens is 1. The summed E-state index contributed by atoms with van der Waals surface area (Å²) in [6, 6.07) is 10.2. The van der Waals surface area contributed by atoms with Crippen LogP contribution in [0.5, 0.6) is 0 Å². The number of carbonyl (C=O) groups is 3. The molecule has 3 aromatic rings. The third-order valence-electron chi connectivity index (χ3n) is 4.62. The highest BCUT2D eigenvalue weighted by molar-refractivity contribution is 7.14. The largest absolute Gasteiger partial charge is 0.451 e. The fourth-order valence-corrected chi connectivity index (χ4v) is 4.00. The molecular formula is C22H22ClN3O4S. The molecule has 0 spiro atoms. The molecule has 0 saturated carbocycles. The number of amides is 1. The van der Waals surface area contributed by atoms with E-state index in [0.29, 0.717) is 22.0 Å². The van der Waals surface area contributed by atoms with E-state index in [1.165, 1.54) is 18.3 Å². The quantitative estimate of drug-likeness (QED) is 0.421. The normalized spacial score (nSPS) is 11.8. The molecule has 0 fully saturated rings. The molecule has 162 valence electrons. The summed E-state index contributed by atoms with van der Waals surface area (Å²) in [6.07, 6.45) is -0.936. The summed E-state index contributed by atoms with van der Waals surface area (Å²) in [4.78, 5) is 37.4. The summed E-state index contributed by atoms with van der Waals surface area (Å²) >= 11 is 7.46. The van der Waals surface area contributed by atoms with Crippen molar-refractivity contribution in [1.82, 2.24) is 15.1 Å². The number of esters is 1. The molecule has 7 nitrogen and oxygen atoms in total. The van der Waals surface area contributed by atoms with Gasteiger partial charge in [-0.05, 0) is 57.2 Å². The van der Waals surface area contributed by atoms with Gasteiger partial charge in [-0.3, -0.25) is 9.59 Å². The van der Waals surface area contributed by atoms with E-state index < -0.39 is 12.1 Å². The molecule has 1 aromatic carbocycles. The summed E-state index contributed by atoms with van der Waals surface area (Å²) in [5.41, 5.74) is 2.62. The number of aromatic nitrogens is 2. The van der Waals surface area contributed by atoms with E-state index in [0.717, 1.165) is 22.0 Å². The van der Waals surface area contributed by atoms with Crippen LogP contribution in [0.25, 0.3) is 5.69 Å². The number of hydrogen-bond donors (Lipinski definition) is 1. The van der Waals surface area contributed by atoms with Gasteiger partial charge >= 0.3 is 5.97 Å². The monoisotopic (exact) mass is 459 g/mol. The van der Waals surface area contributed by atoms with Gasteiger partial charge in [-0.1, -0.05) is 11.6 Å². The van der Waals surface area contributed by atoms with Crippen LogP contribution < -0.4 is 5.32 Å². The van der Waals surface area contributed by atoms with E-state index >= 15 is 0 Å². The summed E-state index contributed by atoms with van der Waals surface area (Å²) in [7, 11) is 0. The zero-order valence-electron chi connectivity index (χ0n) is 17.6. The van der Waals surface area contributed by atoms with Gasteiger partial charge in [-0.15, -0.1) is 11.3 Å². The maximum atomic E-state index is 12.6. The lowest BCUT2D eigenvalue weighted by Crippen LogP contribution is -2.23. The Hall–Kier alpha value is -2.97. The van der Waals surface area contributed by atoms with Gasteiger partial charge in [0.2, 0.25) is 11.7 Å². The predicted molar refractivity (Wildman–Crippen MR) is 119 cm³/mol. The minimum absolute atomic E-state index is 0.143. The van der Waals surface area contributed by atoms with Crippen molar-refractivity contribution in [2.75, 3.05) is 0 Å². The molecule has 0 bridgehead atoms. The Morgan fingerprint density at radius 1 is 1.16 bits per heavy atom. The Bertz CT molecular complexity index is 1130. The minimum Gasteiger partial charge on any atom is -0.451 e. The number of carbonyl (C=O) groups excluding carboxylic acids is 3. The van der Waals surface area contributed by atoms with Crippen molar-refractivity contribution >= 4 is 40.6 Å². The Morgan fingerprint density at radius 3 is 2.42 bits per heavy atom. The number of thiophene rings is 1. The smallest absolute Gasteiger partial charge is 0.338 e. The van der Waals surface area contributed by atoms with Gasteiger partial charge in [0.25, 0.3) is 0 Å². The van der Waals surface area contributed by atoms with Gasteiger partial charge in [0.15, 0.2) is 6.10 Å². The number of ether oxygens (including phenoxy) is 1. The van der Waals surface area contributed by atoms with Crippen molar-refractivity contribution in [3.8, 4) is 5.69 Å². The number of hydrogen-bond acceptors (Lipinski definition) is 6. The van der Waals surface area contributed by atoms with E-state index in [-0.39, 0.29) is 11.7 Å². The molecule has 9 heteroatoms. The Kier molecular flexibility index (Phi) is 6.92. The van der Waals surface area contributed by atoms with Crippen LogP contribution in [0.1, 0.15) is 50.1 Å². The van der Waals surface area contributed by atoms with E-state index in [4.69, 9.17) is 16.3 Å². The molecular weight excluding hydrogens is 438 g/mol. The number of ketones is 1. The van der Waals surface area contributed by atoms with Crippen LogP contribution in [0, 0.1) is 13.8 Å². The first-order valence-corrected chi connectivity index (χ1v) is 10.8. The first kappa shape index (κ1) is 22.7. The first-order valence-electron chi connectivity index (χ1n) is 9.58. The molecule has 31 heavy (non-hydrogen) atoms. The SMILES string of the molecule is CC(=O)NCc1ccc(C(=O)C(C)OC(=O)c2ccc(-n3nc(C)c(Cl)c3C)cc2)s1. The highest BCUT2D eigenvalue weighted by Crippen LogP contribution is 2.23. The second kappa shape index (κ2) is 9.45. The molecule has 0 aliphatic rings. The van der Waals surface area contributed by atoms with Crippen LogP contribution >= 0.6 is 22.9 Å². The van der Waals surface area contributed by atoms with E-state index in [2.05, 4.69) is 10.4 Å². The predicted octanol–water partition coefficient (Wildman–Crippen LogP) is 4.27. The summed E-state index contributed by atoms with van der Waals surface area (Å²) in [6.45, 7) is 7.02. The van der Waals surface area contributed by atoms with E-state index in [1.807, 2.05) is 13.8 Å². The van der Waals surface area contributed by atoms with E-state index in [9.17, 15) is 14.4 Å². The number of aryl methyl sites for hydroxylation is 1. The topological polar surface area (TPSA) is 90.3 Å². The third kappa shape index (κ3) is 5.21. The van der Waals surface area contributed by atoms with Gasteiger partial charge in [-0.25, -0.2) is 9.48 Å². The first-order chi connectivity index (χ1) is 14.7. The maximum Gasteiger partial charge on any atom is 0.338 e. The van der Waals surface area contributed by atoms with Gasteiger partial charge in [0.1, 0.15) is 0 Å². The molecule has 1 amide bonds. The Balaban J connectivity index is 1.64. The molecule has 2 aromatic heterocycles. The fourth-order valence-electron chi connectivity index (χ4n) is 2.91. The van der Waals surface area contributed by atoms with Gasteiger partial charge < -0.3 is 10.1 Å². The number of Topliss-reactive ketones (excluding diaryl/α,β-unsaturated/α-hetero) is 1. The summed E-state index contributed by atoms with van der Waals surface area (Å²) in [5.74, 6) is -1.02. The average Bonchev–Trinajstić information content (AvgIpc) is 3.32. The lowest BCUT2D eigenvalue weighted by molar-refractivity contribution is -0.119. The summed E-state index contributed by atoms with van der Waals surface area (Å²) < 4.78 is 7.06. The molecule has 0 aliphatic carbocycles. The van der Waals surface area contributed by atoms with Gasteiger partial charge in [0, 0.05) is 11.8 Å². The molecule has 1 N–H and O–H groups in total. The van der Waals surface area contributed by atoms with Crippen LogP contribution in [0.2, 0.25) is 5.02 Å². The zero-order chi connectivity index (χ0) is 22.7. The van der Waals surface area contributed by atoms with Crippen LogP contribution in [-0.2, 0) is 16.1 Å². The van der Waals surface area contributed by atoms with Crippen LogP contribution in [0.3, 0.4) is 0 Å². The zero-order valence-corrected chi connectivity index (χ0v) is 19.1. The maximum absolute atomic E-state index is 12.6. The van der Waals surface area contributed by atoms with Crippen LogP contribution in [-0.4, -0.2) is 33.5 Å². The lowest BCUT2D eigenvalue weighted by Gasteiger charge is -2.12. The number of rotatable bonds is 7. The van der Waals surface area contributed by atoms with Crippen molar-refractivity contribution in [3.63, 3.8) is 0 Å². The van der Waals surface area contributed by atoms with E-state index in [1.54, 1.807) is 48.0 Å². The number of nitrogens with zero attached hydrogens (tertiary/aromatic N) is 2. The van der Waals surface area contributed by atoms with Crippen LogP contribution in [0.4, 0.5) is 0 Å². The Labute approximate surface area is 189 Å². The van der Waals surface area contributed by atoms with Crippen molar-refractivity contribution in [2.24, 2.45) is 0 Å². The van der Waals surface area contributed by atoms with Crippen molar-refractivity contribution in [2.45, 2.75) is 40.3 Å². The molecule has 0 aliphatic heterocycles. The molecule has 1 unspecified atom stereocenters. The van der Waals surface area contributed by atoms with Crippen molar-refractivity contribution < 1.29 is 19.1 Å². The van der Waals surface area contributed by atoms with Crippen molar-refractivity contribution in [3.05, 3.63) is 68.1 Å². The standard InChI is InChI=1S/C22H22ClN3O4S/c1-12-20(23)13(2)26(25-12)17-7-5-16(6-8-17)22(29)30-14(3)21(28)19-10-9-18(31-19)11-24-15(4)27/h5-10,14H,11H2,1-4H3,(H,24,27). The van der Waals surface area contributed by atoms with Crippen LogP contribution in [0.15, 0.2) is 36.4 Å². The highest BCUT2D eigenvalue weighted by atomic mass is 35.5. The second-order valence-electron chi connectivity index (χ2n) is 7.03. The molecule has 0 radical (unpaired) electrons. The highest BCUT2D eigenvalue weighted by Gasteiger charge is 2.22. The van der Waals surface area contributed by atoms with Crippen molar-refractivity contribution in [1.29, 1.82) is 0 Å². The third-order valence-corrected chi connectivity index (χ3v) is 6.27. The van der Waals surface area contributed by atoms with Gasteiger partial charge in [0.05, 0.1) is 39.1 Å². The molecule has 1 atom stereocenters. The number of nitrogens with one attached hydrogen (secondary N) is 1. The number of benzene rings is 1. The molecule has 0 saturated heterocycles. The molecule has 3 rings (SSSR count).